The molecule has 1 unspecified atom stereocenters. The lowest BCUT2D eigenvalue weighted by Crippen LogP contribution is -2.34. The van der Waals surface area contributed by atoms with E-state index in [9.17, 15) is 13.8 Å². The Hall–Kier alpha value is -4.80. The van der Waals surface area contributed by atoms with E-state index in [1.807, 2.05) is 18.2 Å². The number of nitrogens with zero attached hydrogens (tertiary/aromatic N) is 6. The van der Waals surface area contributed by atoms with Crippen LogP contribution < -0.4 is 21.3 Å². The Balaban J connectivity index is 1.57. The Labute approximate surface area is 231 Å². The zero-order chi connectivity index (χ0) is 28.4. The van der Waals surface area contributed by atoms with Crippen molar-refractivity contribution in [3.05, 3.63) is 87.9 Å². The standard InChI is InChI=1S/C27H27N9O3S/c1-17(32-26(37)23-24(28)33-36-11-5-10-30-25(23)36)21-14-20-7-4-6-19(9-8-18-15-31-34(3)16-18)22(20)27(38)35(21)12-13-40(39)29-2/h4-7,10-11,14-17,29H,12-13H2,1-3H3,(H2,28,33)(H,32,37)/t17-,40?/m1/s1. The lowest BCUT2D eigenvalue weighted by Gasteiger charge is -2.21. The fourth-order valence-electron chi connectivity index (χ4n) is 4.48. The molecule has 0 spiro atoms. The first-order valence-electron chi connectivity index (χ1n) is 12.4. The van der Waals surface area contributed by atoms with Crippen LogP contribution in [0.25, 0.3) is 16.4 Å². The van der Waals surface area contributed by atoms with Gasteiger partial charge in [-0.3, -0.25) is 14.3 Å². The van der Waals surface area contributed by atoms with Crippen molar-refractivity contribution in [2.45, 2.75) is 19.5 Å². The molecule has 0 saturated carbocycles. The van der Waals surface area contributed by atoms with E-state index in [0.29, 0.717) is 27.7 Å². The number of nitrogen functional groups attached to an aromatic ring is 1. The van der Waals surface area contributed by atoms with E-state index < -0.39 is 22.9 Å². The van der Waals surface area contributed by atoms with Crippen LogP contribution in [0.5, 0.6) is 0 Å². The summed E-state index contributed by atoms with van der Waals surface area (Å²) in [4.78, 5) is 31.5. The highest BCUT2D eigenvalue weighted by Gasteiger charge is 2.23. The Morgan fingerprint density at radius 1 is 1.25 bits per heavy atom. The van der Waals surface area contributed by atoms with Crippen LogP contribution in [0, 0.1) is 11.8 Å². The van der Waals surface area contributed by atoms with Crippen LogP contribution in [-0.4, -0.2) is 51.9 Å². The van der Waals surface area contributed by atoms with Crippen molar-refractivity contribution in [1.82, 2.24) is 39.0 Å². The van der Waals surface area contributed by atoms with Crippen molar-refractivity contribution < 1.29 is 9.00 Å². The van der Waals surface area contributed by atoms with Crippen molar-refractivity contribution in [3.63, 3.8) is 0 Å². The molecule has 4 heterocycles. The number of hydrogen-bond donors (Lipinski definition) is 3. The van der Waals surface area contributed by atoms with Gasteiger partial charge in [0.05, 0.1) is 39.9 Å². The number of fused-ring (bicyclic) bond motifs is 2. The highest BCUT2D eigenvalue weighted by Crippen LogP contribution is 2.22. The second-order valence-electron chi connectivity index (χ2n) is 9.05. The van der Waals surface area contributed by atoms with Gasteiger partial charge in [-0.2, -0.15) is 5.10 Å². The molecule has 0 aliphatic rings. The predicted octanol–water partition coefficient (Wildman–Crippen LogP) is 1.13. The molecular weight excluding hydrogens is 530 g/mol. The number of carbonyl (C=O) groups excluding carboxylic acids is 1. The summed E-state index contributed by atoms with van der Waals surface area (Å²) in [5.74, 6) is 5.90. The van der Waals surface area contributed by atoms with E-state index in [1.54, 1.807) is 62.6 Å². The first-order chi connectivity index (χ1) is 19.3. The van der Waals surface area contributed by atoms with Crippen LogP contribution in [0.4, 0.5) is 5.82 Å². The number of aryl methyl sites for hydroxylation is 1. The Morgan fingerprint density at radius 3 is 2.83 bits per heavy atom. The summed E-state index contributed by atoms with van der Waals surface area (Å²) < 4.78 is 19.5. The maximum atomic E-state index is 13.9. The van der Waals surface area contributed by atoms with Gasteiger partial charge in [-0.15, -0.1) is 5.10 Å². The van der Waals surface area contributed by atoms with Gasteiger partial charge in [0, 0.05) is 43.4 Å². The molecule has 1 amide bonds. The summed E-state index contributed by atoms with van der Waals surface area (Å²) in [6.07, 6.45) is 6.64. The van der Waals surface area contributed by atoms with E-state index in [0.717, 1.165) is 5.56 Å². The summed E-state index contributed by atoms with van der Waals surface area (Å²) in [5.41, 5.74) is 8.03. The van der Waals surface area contributed by atoms with Crippen LogP contribution in [0.1, 0.15) is 40.1 Å². The van der Waals surface area contributed by atoms with Crippen LogP contribution in [0.2, 0.25) is 0 Å². The molecule has 4 N–H and O–H groups in total. The SMILES string of the molecule is CNS(=O)CCn1c([C@@H](C)NC(=O)c2c(N)nn3cccnc23)cc2cccc(C#Cc3cnn(C)c3)c2c1=O. The largest absolute Gasteiger partial charge is 0.381 e. The van der Waals surface area contributed by atoms with Crippen molar-refractivity contribution >= 4 is 39.1 Å². The van der Waals surface area contributed by atoms with E-state index in [-0.39, 0.29) is 29.2 Å². The molecule has 5 rings (SSSR count). The number of rotatable bonds is 7. The van der Waals surface area contributed by atoms with Gasteiger partial charge in [0.2, 0.25) is 0 Å². The Kier molecular flexibility index (Phi) is 7.45. The van der Waals surface area contributed by atoms with Crippen molar-refractivity contribution in [2.24, 2.45) is 7.05 Å². The fourth-order valence-corrected chi connectivity index (χ4v) is 5.03. The van der Waals surface area contributed by atoms with Gasteiger partial charge in [-0.1, -0.05) is 24.0 Å². The molecule has 204 valence electrons. The summed E-state index contributed by atoms with van der Waals surface area (Å²) >= 11 is 0. The lowest BCUT2D eigenvalue weighted by atomic mass is 10.0. The quantitative estimate of drug-likeness (QED) is 0.254. The summed E-state index contributed by atoms with van der Waals surface area (Å²) in [6, 6.07) is 8.35. The molecular formula is C27H27N9O3S. The van der Waals surface area contributed by atoms with E-state index in [1.165, 1.54) is 9.08 Å². The number of hydrogen-bond acceptors (Lipinski definition) is 7. The summed E-state index contributed by atoms with van der Waals surface area (Å²) in [7, 11) is 2.05. The molecule has 0 aliphatic heterocycles. The molecule has 40 heavy (non-hydrogen) atoms. The second kappa shape index (κ2) is 11.1. The molecule has 2 atom stereocenters. The number of aromatic nitrogens is 6. The third kappa shape index (κ3) is 5.22. The van der Waals surface area contributed by atoms with Gasteiger partial charge in [0.1, 0.15) is 5.56 Å². The van der Waals surface area contributed by atoms with E-state index in [2.05, 4.69) is 37.1 Å². The van der Waals surface area contributed by atoms with Crippen molar-refractivity contribution in [3.8, 4) is 11.8 Å². The smallest absolute Gasteiger partial charge is 0.259 e. The third-order valence-corrected chi connectivity index (χ3v) is 7.39. The fraction of sp³-hybridized carbons (Fsp3) is 0.222. The third-order valence-electron chi connectivity index (χ3n) is 6.39. The maximum absolute atomic E-state index is 13.9. The van der Waals surface area contributed by atoms with Gasteiger partial charge in [-0.25, -0.2) is 18.4 Å². The monoisotopic (exact) mass is 557 g/mol. The van der Waals surface area contributed by atoms with E-state index >= 15 is 0 Å². The molecule has 4 aromatic heterocycles. The number of carbonyl (C=O) groups is 1. The normalized spacial score (nSPS) is 12.7. The first-order valence-corrected chi connectivity index (χ1v) is 13.7. The molecule has 1 aromatic carbocycles. The zero-order valence-electron chi connectivity index (χ0n) is 22.1. The van der Waals surface area contributed by atoms with Gasteiger partial charge in [-0.05, 0) is 37.6 Å². The Bertz CT molecular complexity index is 1890. The predicted molar refractivity (Wildman–Crippen MR) is 153 cm³/mol. The molecule has 0 saturated heterocycles. The van der Waals surface area contributed by atoms with Gasteiger partial charge >= 0.3 is 0 Å². The van der Waals surface area contributed by atoms with Gasteiger partial charge < -0.3 is 15.6 Å². The van der Waals surface area contributed by atoms with Gasteiger partial charge in [0.15, 0.2) is 11.5 Å². The van der Waals surface area contributed by atoms with Crippen LogP contribution in [0.3, 0.4) is 0 Å². The van der Waals surface area contributed by atoms with E-state index in [4.69, 9.17) is 5.73 Å². The highest BCUT2D eigenvalue weighted by atomic mass is 32.2. The second-order valence-corrected chi connectivity index (χ2v) is 10.6. The molecule has 0 fully saturated rings. The first kappa shape index (κ1) is 26.8. The minimum absolute atomic E-state index is 0.0422. The summed E-state index contributed by atoms with van der Waals surface area (Å²) in [5, 5.41) is 12.3. The molecule has 0 radical (unpaired) electrons. The molecule has 0 bridgehead atoms. The van der Waals surface area contributed by atoms with Gasteiger partial charge in [0.25, 0.3) is 11.5 Å². The number of benzene rings is 1. The molecule has 5 aromatic rings. The number of amides is 1. The van der Waals surface area contributed by atoms with Crippen LogP contribution in [-0.2, 0) is 24.6 Å². The highest BCUT2D eigenvalue weighted by molar-refractivity contribution is 7.82. The molecule has 13 heteroatoms. The minimum atomic E-state index is -1.35. The van der Waals surface area contributed by atoms with Crippen LogP contribution >= 0.6 is 0 Å². The minimum Gasteiger partial charge on any atom is -0.381 e. The average Bonchev–Trinajstić information content (AvgIpc) is 3.52. The number of nitrogens with two attached hydrogens (primary N) is 1. The van der Waals surface area contributed by atoms with Crippen molar-refractivity contribution in [2.75, 3.05) is 18.5 Å². The Morgan fingerprint density at radius 2 is 2.08 bits per heavy atom. The maximum Gasteiger partial charge on any atom is 0.259 e. The number of anilines is 1. The molecule has 12 nitrogen and oxygen atoms in total. The average molecular weight is 558 g/mol. The van der Waals surface area contributed by atoms with Crippen LogP contribution in [0.15, 0.2) is 59.9 Å². The lowest BCUT2D eigenvalue weighted by molar-refractivity contribution is 0.0940. The topological polar surface area (TPSA) is 154 Å². The van der Waals surface area contributed by atoms with Crippen molar-refractivity contribution in [1.29, 1.82) is 0 Å². The summed E-state index contributed by atoms with van der Waals surface area (Å²) in [6.45, 7) is 1.92. The number of nitrogens with one attached hydrogen (secondary N) is 2. The zero-order valence-corrected chi connectivity index (χ0v) is 22.9. The molecule has 0 aliphatic carbocycles. The number of pyridine rings is 1.